The number of amides is 2. The number of nitrogens with zero attached hydrogens (tertiary/aromatic N) is 7. The Hall–Kier alpha value is -5.21. The molecule has 4 aromatic heterocycles. The van der Waals surface area contributed by atoms with E-state index in [1.807, 2.05) is 37.4 Å². The molecule has 2 aliphatic heterocycles. The van der Waals surface area contributed by atoms with E-state index in [0.717, 1.165) is 70.2 Å². The lowest BCUT2D eigenvalue weighted by Crippen LogP contribution is -2.36. The highest BCUT2D eigenvalue weighted by Gasteiger charge is 2.22. The minimum absolute atomic E-state index is 0.218. The van der Waals surface area contributed by atoms with Gasteiger partial charge in [0.2, 0.25) is 0 Å². The van der Waals surface area contributed by atoms with Crippen molar-refractivity contribution in [3.63, 3.8) is 0 Å². The third-order valence-electron chi connectivity index (χ3n) is 9.96. The van der Waals surface area contributed by atoms with E-state index in [0.29, 0.717) is 78.2 Å². The molecule has 0 aliphatic carbocycles. The molecular weight excluding hydrogens is 842 g/mol. The molecule has 6 heterocycles. The normalized spacial score (nSPS) is 14.2. The minimum Gasteiger partial charge on any atom is -0.494 e. The smallest absolute Gasteiger partial charge is 0.257 e. The lowest BCUT2D eigenvalue weighted by atomic mass is 10.2. The number of pyridine rings is 2. The van der Waals surface area contributed by atoms with Crippen molar-refractivity contribution in [1.29, 1.82) is 0 Å². The number of fused-ring (bicyclic) bond motifs is 2. The molecule has 2 saturated heterocycles. The highest BCUT2D eigenvalue weighted by molar-refractivity contribution is 7.23. The molecular formula is C42H48ClN9O7S2. The first-order valence-corrected chi connectivity index (χ1v) is 21.8. The summed E-state index contributed by atoms with van der Waals surface area (Å²) in [6.45, 7) is 8.12. The molecule has 0 radical (unpaired) electrons. The van der Waals surface area contributed by atoms with Gasteiger partial charge in [-0.25, -0.2) is 9.97 Å². The van der Waals surface area contributed by atoms with Crippen molar-refractivity contribution in [2.75, 3.05) is 115 Å². The maximum atomic E-state index is 13.0. The molecule has 61 heavy (non-hydrogen) atoms. The van der Waals surface area contributed by atoms with Gasteiger partial charge in [-0.05, 0) is 55.6 Å². The molecule has 2 amide bonds. The zero-order valence-corrected chi connectivity index (χ0v) is 36.8. The van der Waals surface area contributed by atoms with Gasteiger partial charge < -0.3 is 33.5 Å². The maximum absolute atomic E-state index is 13.0. The van der Waals surface area contributed by atoms with Gasteiger partial charge in [-0.15, -0.1) is 11.6 Å². The largest absolute Gasteiger partial charge is 0.494 e. The van der Waals surface area contributed by atoms with Gasteiger partial charge in [0.15, 0.2) is 10.3 Å². The predicted molar refractivity (Wildman–Crippen MR) is 241 cm³/mol. The lowest BCUT2D eigenvalue weighted by Gasteiger charge is -2.29. The van der Waals surface area contributed by atoms with Crippen LogP contribution in [0, 0.1) is 0 Å². The minimum atomic E-state index is -0.250. The molecule has 6 aromatic rings. The predicted octanol–water partition coefficient (Wildman–Crippen LogP) is 6.39. The first-order valence-electron chi connectivity index (χ1n) is 19.6. The molecule has 322 valence electrons. The summed E-state index contributed by atoms with van der Waals surface area (Å²) in [5.74, 6) is 1.15. The van der Waals surface area contributed by atoms with Crippen LogP contribution in [0.4, 0.5) is 21.6 Å². The second-order valence-corrected chi connectivity index (χ2v) is 16.3. The van der Waals surface area contributed by atoms with Crippen LogP contribution >= 0.6 is 34.3 Å². The fourth-order valence-corrected chi connectivity index (χ4v) is 9.01. The van der Waals surface area contributed by atoms with Crippen LogP contribution in [0.1, 0.15) is 32.1 Å². The van der Waals surface area contributed by atoms with E-state index >= 15 is 0 Å². The van der Waals surface area contributed by atoms with E-state index < -0.39 is 0 Å². The molecule has 0 saturated carbocycles. The van der Waals surface area contributed by atoms with Gasteiger partial charge in [0.05, 0.1) is 85.3 Å². The van der Waals surface area contributed by atoms with Crippen molar-refractivity contribution in [2.24, 2.45) is 0 Å². The number of carbonyl (C=O) groups excluding carboxylic acids is 2. The summed E-state index contributed by atoms with van der Waals surface area (Å²) >= 11 is 8.69. The Morgan fingerprint density at radius 2 is 1.21 bits per heavy atom. The Morgan fingerprint density at radius 3 is 1.67 bits per heavy atom. The third kappa shape index (κ3) is 10.8. The van der Waals surface area contributed by atoms with Crippen molar-refractivity contribution in [3.8, 4) is 11.5 Å². The Kier molecular flexibility index (Phi) is 15.1. The zero-order chi connectivity index (χ0) is 42.7. The number of likely N-dealkylation sites (N-methyl/N-ethyl adjacent to an activating group) is 1. The third-order valence-corrected chi connectivity index (χ3v) is 12.2. The topological polar surface area (TPSA) is 166 Å². The molecule has 2 fully saturated rings. The number of anilines is 4. The van der Waals surface area contributed by atoms with Crippen LogP contribution in [0.15, 0.2) is 60.9 Å². The van der Waals surface area contributed by atoms with Crippen molar-refractivity contribution >= 4 is 88.2 Å². The average Bonchev–Trinajstić information content (AvgIpc) is 3.93. The SMILES string of the molecule is COCCN(C)Cc1cc(C(=O)Nc2nc3c(OC)ccc(N4CCOCC4)c3s2)ccn1.COc1ccc(N2CCOCC2)c2sc(NC(=O)c3ccnc(CCl)c3)nc12. The number of alkyl halides is 1. The van der Waals surface area contributed by atoms with Crippen LogP contribution in [-0.2, 0) is 26.6 Å². The molecule has 0 unspecified atom stereocenters. The number of halogens is 1. The first-order chi connectivity index (χ1) is 29.8. The quantitative estimate of drug-likeness (QED) is 0.116. The maximum Gasteiger partial charge on any atom is 0.257 e. The Bertz CT molecular complexity index is 2440. The Labute approximate surface area is 366 Å². The highest BCUT2D eigenvalue weighted by atomic mass is 35.5. The summed E-state index contributed by atoms with van der Waals surface area (Å²) in [4.78, 5) is 50.0. The van der Waals surface area contributed by atoms with Crippen molar-refractivity contribution in [3.05, 3.63) is 83.4 Å². The standard InChI is InChI=1S/C23H29N5O4S.C19H19ClN4O3S/c1-27(8-11-30-2)15-17-14-16(6-7-24-17)22(29)26-23-25-20-19(31-3)5-4-18(21(20)33-23)28-9-12-32-13-10-28;1-26-15-3-2-14(24-6-8-27-9-7-24)17-16(15)22-19(28-17)23-18(25)12-4-5-21-13(10-12)11-20/h4-7,14H,8-13,15H2,1-3H3,(H,25,26,29);2-5,10H,6-9,11H2,1H3,(H,22,23,25). The van der Waals surface area contributed by atoms with E-state index in [4.69, 9.17) is 35.3 Å². The molecule has 2 N–H and O–H groups in total. The Balaban J connectivity index is 0.000000186. The van der Waals surface area contributed by atoms with Crippen LogP contribution in [-0.4, -0.2) is 131 Å². The number of thiazole rings is 2. The number of ether oxygens (including phenoxy) is 5. The zero-order valence-electron chi connectivity index (χ0n) is 34.4. The van der Waals surface area contributed by atoms with Gasteiger partial charge in [0.1, 0.15) is 22.5 Å². The number of nitrogens with one attached hydrogen (secondary N) is 2. The fourth-order valence-electron chi connectivity index (χ4n) is 6.82. The molecule has 0 spiro atoms. The number of hydrogen-bond donors (Lipinski definition) is 2. The van der Waals surface area contributed by atoms with Crippen molar-refractivity contribution in [1.82, 2.24) is 24.8 Å². The van der Waals surface area contributed by atoms with Gasteiger partial charge >= 0.3 is 0 Å². The second kappa shape index (κ2) is 21.0. The second-order valence-electron chi connectivity index (χ2n) is 14.0. The number of rotatable bonds is 14. The first kappa shape index (κ1) is 43.9. The van der Waals surface area contributed by atoms with Crippen LogP contribution < -0.4 is 29.9 Å². The summed E-state index contributed by atoms with van der Waals surface area (Å²) in [5, 5.41) is 6.88. The molecule has 0 atom stereocenters. The fraction of sp³-hybridized carbons (Fsp3) is 0.381. The number of aromatic nitrogens is 4. The highest BCUT2D eigenvalue weighted by Crippen LogP contribution is 2.41. The summed E-state index contributed by atoms with van der Waals surface area (Å²) in [7, 11) is 6.92. The van der Waals surface area contributed by atoms with Crippen LogP contribution in [0.5, 0.6) is 11.5 Å². The molecule has 16 nitrogen and oxygen atoms in total. The average molecular weight is 890 g/mol. The van der Waals surface area contributed by atoms with Crippen LogP contribution in [0.25, 0.3) is 20.4 Å². The number of methoxy groups -OCH3 is 3. The van der Waals surface area contributed by atoms with Gasteiger partial charge in [-0.3, -0.25) is 35.1 Å². The molecule has 2 aromatic carbocycles. The molecule has 2 aliphatic rings. The summed E-state index contributed by atoms with van der Waals surface area (Å²) in [6.07, 6.45) is 3.23. The summed E-state index contributed by atoms with van der Waals surface area (Å²) in [5.41, 5.74) is 6.14. The van der Waals surface area contributed by atoms with Gasteiger partial charge in [-0.2, -0.15) is 0 Å². The molecule has 19 heteroatoms. The number of carbonyl (C=O) groups is 2. The number of hydrogen-bond acceptors (Lipinski definition) is 16. The van der Waals surface area contributed by atoms with E-state index in [-0.39, 0.29) is 17.7 Å². The van der Waals surface area contributed by atoms with Gasteiger partial charge in [0.25, 0.3) is 11.8 Å². The van der Waals surface area contributed by atoms with Crippen molar-refractivity contribution < 1.29 is 33.3 Å². The van der Waals surface area contributed by atoms with E-state index in [2.05, 4.69) is 45.3 Å². The molecule has 8 rings (SSSR count). The summed E-state index contributed by atoms with van der Waals surface area (Å²) < 4.78 is 29.0. The number of benzene rings is 2. The van der Waals surface area contributed by atoms with E-state index in [1.165, 1.54) is 22.7 Å². The van der Waals surface area contributed by atoms with Crippen molar-refractivity contribution in [2.45, 2.75) is 12.4 Å². The lowest BCUT2D eigenvalue weighted by molar-refractivity contribution is 0.101. The number of morpholine rings is 2. The van der Waals surface area contributed by atoms with Gasteiger partial charge in [0, 0.05) is 69.9 Å². The Morgan fingerprint density at radius 1 is 0.738 bits per heavy atom. The van der Waals surface area contributed by atoms with Crippen LogP contribution in [0.2, 0.25) is 0 Å². The van der Waals surface area contributed by atoms with Gasteiger partial charge in [-0.1, -0.05) is 22.7 Å². The van der Waals surface area contributed by atoms with E-state index in [9.17, 15) is 9.59 Å². The monoisotopic (exact) mass is 889 g/mol. The van der Waals surface area contributed by atoms with E-state index in [1.54, 1.807) is 51.9 Å². The molecule has 0 bridgehead atoms. The van der Waals surface area contributed by atoms with Crippen LogP contribution in [0.3, 0.4) is 0 Å². The summed E-state index contributed by atoms with van der Waals surface area (Å²) in [6, 6.07) is 14.8.